The second kappa shape index (κ2) is 10.7. The first-order valence-electron chi connectivity index (χ1n) is 16.4. The van der Waals surface area contributed by atoms with Crippen molar-refractivity contribution in [1.29, 1.82) is 0 Å². The highest BCUT2D eigenvalue weighted by Crippen LogP contribution is 2.48. The predicted octanol–water partition coefficient (Wildman–Crippen LogP) is 3.10. The van der Waals surface area contributed by atoms with Crippen molar-refractivity contribution in [1.82, 2.24) is 4.90 Å². The monoisotopic (exact) mass is 634 g/mol. The van der Waals surface area contributed by atoms with Gasteiger partial charge in [-0.2, -0.15) is 0 Å². The van der Waals surface area contributed by atoms with E-state index in [0.717, 1.165) is 77.2 Å². The molecule has 10 heteroatoms. The van der Waals surface area contributed by atoms with Gasteiger partial charge < -0.3 is 29.4 Å². The Labute approximate surface area is 272 Å². The lowest BCUT2D eigenvalue weighted by Crippen LogP contribution is -2.75. The number of nitrogens with zero attached hydrogens (tertiary/aromatic N) is 3. The number of fused-ring (bicyclic) bond motifs is 7. The molecule has 9 rings (SSSR count). The van der Waals surface area contributed by atoms with Crippen LogP contribution < -0.4 is 5.32 Å². The van der Waals surface area contributed by atoms with Crippen LogP contribution in [-0.4, -0.2) is 106 Å². The van der Waals surface area contributed by atoms with Crippen LogP contribution in [0.3, 0.4) is 0 Å². The van der Waals surface area contributed by atoms with Gasteiger partial charge in [0.15, 0.2) is 12.3 Å². The van der Waals surface area contributed by atoms with E-state index in [2.05, 4.69) is 11.4 Å². The Kier molecular flexibility index (Phi) is 6.77. The standard InChI is InChI=1S/C37H36N4O6/c1-22(42)33-31-19-28(34(37(46)47)39(31)36(33)45)24-8-10-27-29(18-24)26-9-7-23(17-30(26)35(27)44)20-40-11-14-41(15-12-40,16-13-40)21-32(43)38-25-5-3-2-4-6-25/h2-10,17-18,22,31,33,42H,11-16,19-21H2,1H3/p+2/t22-,31-,33-,40?,41?/m1/s1. The van der Waals surface area contributed by atoms with Crippen LogP contribution in [0.4, 0.5) is 5.69 Å². The maximum Gasteiger partial charge on any atom is 0.352 e. The van der Waals surface area contributed by atoms with E-state index in [1.807, 2.05) is 48.5 Å². The molecule has 3 atom stereocenters. The zero-order valence-corrected chi connectivity index (χ0v) is 26.3. The Morgan fingerprint density at radius 1 is 0.872 bits per heavy atom. The van der Waals surface area contributed by atoms with Crippen molar-refractivity contribution in [2.75, 3.05) is 51.1 Å². The fourth-order valence-electron chi connectivity index (χ4n) is 8.77. The number of hydrogen-bond acceptors (Lipinski definition) is 5. The van der Waals surface area contributed by atoms with E-state index in [-0.39, 0.29) is 29.3 Å². The minimum Gasteiger partial charge on any atom is -0.477 e. The number of carboxylic acids is 1. The summed E-state index contributed by atoms with van der Waals surface area (Å²) in [7, 11) is 0. The maximum atomic E-state index is 13.6. The number of carbonyl (C=O) groups is 4. The molecule has 3 aromatic carbocycles. The van der Waals surface area contributed by atoms with Gasteiger partial charge in [0.1, 0.15) is 51.5 Å². The molecule has 5 heterocycles. The van der Waals surface area contributed by atoms with Crippen molar-refractivity contribution >= 4 is 34.8 Å². The highest BCUT2D eigenvalue weighted by molar-refractivity contribution is 6.22. The van der Waals surface area contributed by atoms with Gasteiger partial charge in [-0.1, -0.05) is 36.4 Å². The van der Waals surface area contributed by atoms with Crippen LogP contribution in [0.15, 0.2) is 72.4 Å². The van der Waals surface area contributed by atoms with E-state index in [1.165, 1.54) is 4.90 Å². The Morgan fingerprint density at radius 2 is 1.55 bits per heavy atom. The Balaban J connectivity index is 0.990. The molecule has 240 valence electrons. The maximum absolute atomic E-state index is 13.6. The minimum absolute atomic E-state index is 0.0341. The summed E-state index contributed by atoms with van der Waals surface area (Å²) in [5.74, 6) is -2.12. The summed E-state index contributed by atoms with van der Waals surface area (Å²) in [5, 5.41) is 23.2. The fraction of sp³-hybridized carbons (Fsp3) is 0.351. The number of amides is 2. The van der Waals surface area contributed by atoms with Crippen molar-refractivity contribution in [3.8, 4) is 11.1 Å². The summed E-state index contributed by atoms with van der Waals surface area (Å²) in [6, 6.07) is 20.8. The molecule has 0 spiro atoms. The molecular formula is C37H38N4O6+2. The van der Waals surface area contributed by atoms with Gasteiger partial charge in [0.25, 0.3) is 5.91 Å². The molecule has 4 saturated heterocycles. The lowest BCUT2D eigenvalue weighted by Gasteiger charge is -2.55. The molecule has 10 nitrogen and oxygen atoms in total. The number of benzene rings is 3. The number of carboxylic acid groups (broad SMARTS) is 1. The lowest BCUT2D eigenvalue weighted by molar-refractivity contribution is -1.08. The van der Waals surface area contributed by atoms with Gasteiger partial charge in [0.2, 0.25) is 5.91 Å². The second-order valence-electron chi connectivity index (χ2n) is 14.1. The van der Waals surface area contributed by atoms with E-state index in [0.29, 0.717) is 35.2 Å². The summed E-state index contributed by atoms with van der Waals surface area (Å²) in [6.45, 7) is 8.72. The van der Waals surface area contributed by atoms with E-state index < -0.39 is 18.0 Å². The van der Waals surface area contributed by atoms with Crippen LogP contribution in [-0.2, 0) is 20.9 Å². The van der Waals surface area contributed by atoms with Crippen LogP contribution in [0.5, 0.6) is 0 Å². The third-order valence-electron chi connectivity index (χ3n) is 11.4. The molecule has 4 fully saturated rings. The molecule has 3 aromatic rings. The smallest absolute Gasteiger partial charge is 0.352 e. The summed E-state index contributed by atoms with van der Waals surface area (Å²) in [5.41, 5.74) is 6.01. The van der Waals surface area contributed by atoms with Crippen LogP contribution in [0, 0.1) is 5.92 Å². The number of para-hydroxylation sites is 1. The molecule has 47 heavy (non-hydrogen) atoms. The zero-order chi connectivity index (χ0) is 32.7. The van der Waals surface area contributed by atoms with Gasteiger partial charge in [-0.3, -0.25) is 14.4 Å². The second-order valence-corrected chi connectivity index (χ2v) is 14.1. The third-order valence-corrected chi connectivity index (χ3v) is 11.4. The minimum atomic E-state index is -1.17. The molecule has 3 N–H and O–H groups in total. The number of aliphatic hydroxyl groups is 1. The zero-order valence-electron chi connectivity index (χ0n) is 26.3. The van der Waals surface area contributed by atoms with E-state index in [4.69, 9.17) is 0 Å². The van der Waals surface area contributed by atoms with E-state index in [1.54, 1.807) is 19.1 Å². The molecule has 0 saturated carbocycles. The lowest BCUT2D eigenvalue weighted by atomic mass is 9.82. The Morgan fingerprint density at radius 3 is 2.23 bits per heavy atom. The largest absolute Gasteiger partial charge is 0.477 e. The van der Waals surface area contributed by atoms with E-state index >= 15 is 0 Å². The molecule has 0 aromatic heterocycles. The molecular weight excluding hydrogens is 596 g/mol. The number of quaternary nitrogens is 2. The molecule has 5 aliphatic heterocycles. The van der Waals surface area contributed by atoms with Gasteiger partial charge in [0, 0.05) is 22.4 Å². The first-order valence-corrected chi connectivity index (χ1v) is 16.4. The average molecular weight is 635 g/mol. The number of piperazine rings is 3. The van der Waals surface area contributed by atoms with Crippen molar-refractivity contribution in [2.45, 2.75) is 32.0 Å². The first-order chi connectivity index (χ1) is 22.6. The number of aliphatic hydroxyl groups excluding tert-OH is 1. The number of rotatable bonds is 8. The normalized spacial score (nSPS) is 27.7. The highest BCUT2D eigenvalue weighted by atomic mass is 16.4. The molecule has 1 aliphatic carbocycles. The molecule has 2 bridgehead atoms. The summed E-state index contributed by atoms with van der Waals surface area (Å²) < 4.78 is 1.78. The number of β-lactam (4-membered cyclic amide) rings is 1. The number of aliphatic carboxylic acids is 1. The molecule has 6 aliphatic rings. The first kappa shape index (κ1) is 29.7. The highest BCUT2D eigenvalue weighted by Gasteiger charge is 2.57. The quantitative estimate of drug-likeness (QED) is 0.202. The summed E-state index contributed by atoms with van der Waals surface area (Å²) >= 11 is 0. The molecule has 0 radical (unpaired) electrons. The van der Waals surface area contributed by atoms with Gasteiger partial charge in [-0.25, -0.2) is 4.79 Å². The fourth-order valence-corrected chi connectivity index (χ4v) is 8.77. The number of nitrogens with one attached hydrogen (secondary N) is 1. The molecule has 0 unspecified atom stereocenters. The summed E-state index contributed by atoms with van der Waals surface area (Å²) in [6.07, 6.45) is -0.510. The number of ketones is 1. The molecule has 2 amide bonds. The number of anilines is 1. The van der Waals surface area contributed by atoms with Crippen molar-refractivity contribution < 1.29 is 38.4 Å². The van der Waals surface area contributed by atoms with Gasteiger partial charge >= 0.3 is 5.97 Å². The Bertz CT molecular complexity index is 1880. The average Bonchev–Trinajstić information content (AvgIpc) is 3.54. The van der Waals surface area contributed by atoms with Crippen LogP contribution >= 0.6 is 0 Å². The summed E-state index contributed by atoms with van der Waals surface area (Å²) in [4.78, 5) is 52.8. The van der Waals surface area contributed by atoms with E-state index in [9.17, 15) is 29.4 Å². The Hall–Kier alpha value is -4.64. The number of hydrogen-bond donors (Lipinski definition) is 3. The predicted molar refractivity (Wildman–Crippen MR) is 174 cm³/mol. The van der Waals surface area contributed by atoms with Crippen LogP contribution in [0.25, 0.3) is 16.7 Å². The van der Waals surface area contributed by atoms with Crippen molar-refractivity contribution in [2.24, 2.45) is 5.92 Å². The van der Waals surface area contributed by atoms with Gasteiger partial charge in [0.05, 0.1) is 18.1 Å². The third kappa shape index (κ3) is 4.73. The van der Waals surface area contributed by atoms with Crippen molar-refractivity contribution in [3.05, 3.63) is 94.7 Å². The topological polar surface area (TPSA) is 124 Å². The van der Waals surface area contributed by atoms with Crippen molar-refractivity contribution in [3.63, 3.8) is 0 Å². The SMILES string of the molecule is C[C@@H](O)[C@H]1C(=O)N2C(C(=O)O)=C(c3ccc4c(c3)-c3ccc(C[N+]56CC[N+](CC(=O)Nc7ccccc7)(CC5)CC6)cc3C4=O)C[C@H]12. The van der Waals surface area contributed by atoms with Gasteiger partial charge in [-0.15, -0.1) is 0 Å². The number of carbonyl (C=O) groups excluding carboxylic acids is 3. The van der Waals surface area contributed by atoms with Gasteiger partial charge in [-0.05, 0) is 65.9 Å². The van der Waals surface area contributed by atoms with Crippen LogP contribution in [0.1, 0.15) is 40.4 Å². The van der Waals surface area contributed by atoms with Crippen LogP contribution in [0.2, 0.25) is 0 Å².